The maximum atomic E-state index is 11.2. The lowest BCUT2D eigenvalue weighted by molar-refractivity contribution is -0.138. The third-order valence-electron chi connectivity index (χ3n) is 2.00. The van der Waals surface area contributed by atoms with Crippen molar-refractivity contribution in [3.8, 4) is 5.75 Å². The minimum absolute atomic E-state index is 0.0361. The summed E-state index contributed by atoms with van der Waals surface area (Å²) in [5.41, 5.74) is 0.153. The average Bonchev–Trinajstić information content (AvgIpc) is 2.28. The van der Waals surface area contributed by atoms with Crippen molar-refractivity contribution in [1.29, 1.82) is 0 Å². The van der Waals surface area contributed by atoms with Gasteiger partial charge in [-0.15, -0.1) is 0 Å². The molecule has 0 aliphatic rings. The van der Waals surface area contributed by atoms with E-state index >= 15 is 0 Å². The zero-order chi connectivity index (χ0) is 12.7. The first-order chi connectivity index (χ1) is 8.11. The molecule has 1 aromatic rings. The van der Waals surface area contributed by atoms with Crippen LogP contribution >= 0.6 is 0 Å². The van der Waals surface area contributed by atoms with Crippen LogP contribution in [0.2, 0.25) is 0 Å². The number of H-pyrrole nitrogens is 1. The molecule has 0 saturated carbocycles. The molecular formula is C10H14N2O5. The summed E-state index contributed by atoms with van der Waals surface area (Å²) in [6, 6.07) is 0. The van der Waals surface area contributed by atoms with E-state index in [1.165, 1.54) is 6.20 Å². The van der Waals surface area contributed by atoms with Crippen LogP contribution in [0, 0.1) is 6.92 Å². The van der Waals surface area contributed by atoms with Gasteiger partial charge in [-0.05, 0) is 6.92 Å². The molecule has 0 fully saturated rings. The Bertz CT molecular complexity index is 429. The minimum atomic E-state index is -0.902. The van der Waals surface area contributed by atoms with Crippen molar-refractivity contribution in [3.63, 3.8) is 0 Å². The fraction of sp³-hybridized carbons (Fsp3) is 0.500. The van der Waals surface area contributed by atoms with Crippen molar-refractivity contribution in [3.05, 3.63) is 22.1 Å². The predicted octanol–water partition coefficient (Wildman–Crippen LogP) is -0.0516. The monoisotopic (exact) mass is 242 g/mol. The van der Waals surface area contributed by atoms with Crippen LogP contribution in [0.15, 0.2) is 11.0 Å². The Kier molecular flexibility index (Phi) is 5.15. The molecule has 0 bridgehead atoms. The van der Waals surface area contributed by atoms with E-state index in [1.807, 2.05) is 0 Å². The molecule has 0 radical (unpaired) electrons. The lowest BCUT2D eigenvalue weighted by Crippen LogP contribution is -2.15. The highest BCUT2D eigenvalue weighted by molar-refractivity contribution is 5.66. The van der Waals surface area contributed by atoms with Gasteiger partial charge in [-0.3, -0.25) is 9.59 Å². The summed E-state index contributed by atoms with van der Waals surface area (Å²) in [7, 11) is 0. The fourth-order valence-corrected chi connectivity index (χ4v) is 1.06. The third-order valence-corrected chi connectivity index (χ3v) is 2.00. The number of aromatic amines is 1. The summed E-state index contributed by atoms with van der Waals surface area (Å²) in [4.78, 5) is 21.3. The first-order valence-electron chi connectivity index (χ1n) is 5.08. The number of rotatable bonds is 7. The predicted molar refractivity (Wildman–Crippen MR) is 58.2 cm³/mol. The molecule has 0 aromatic carbocycles. The van der Waals surface area contributed by atoms with E-state index in [-0.39, 0.29) is 31.8 Å². The topological polar surface area (TPSA) is 102 Å². The highest BCUT2D eigenvalue weighted by Crippen LogP contribution is 2.09. The van der Waals surface area contributed by atoms with Gasteiger partial charge in [0, 0.05) is 0 Å². The summed E-state index contributed by atoms with van der Waals surface area (Å²) < 4.78 is 10.3. The maximum Gasteiger partial charge on any atom is 0.305 e. The van der Waals surface area contributed by atoms with E-state index in [9.17, 15) is 9.59 Å². The molecule has 1 rings (SSSR count). The van der Waals surface area contributed by atoms with Crippen LogP contribution in [0.1, 0.15) is 12.0 Å². The minimum Gasteiger partial charge on any atom is -0.489 e. The smallest absolute Gasteiger partial charge is 0.305 e. The molecule has 0 saturated heterocycles. The normalized spacial score (nSPS) is 10.2. The second kappa shape index (κ2) is 6.64. The molecule has 0 spiro atoms. The molecule has 0 aliphatic carbocycles. The standard InChI is InChI=1S/C10H14N2O5/c1-7-8(6-11-12-10(7)15)17-5-4-16-3-2-9(13)14/h6H,2-5H2,1H3,(H,12,15)(H,13,14). The van der Waals surface area contributed by atoms with Gasteiger partial charge in [0.05, 0.1) is 31.4 Å². The van der Waals surface area contributed by atoms with Gasteiger partial charge in [0.1, 0.15) is 12.4 Å². The van der Waals surface area contributed by atoms with Crippen LogP contribution in [0.4, 0.5) is 0 Å². The molecule has 0 unspecified atom stereocenters. The van der Waals surface area contributed by atoms with Gasteiger partial charge < -0.3 is 14.6 Å². The van der Waals surface area contributed by atoms with Gasteiger partial charge in [-0.2, -0.15) is 5.10 Å². The van der Waals surface area contributed by atoms with E-state index in [2.05, 4.69) is 10.2 Å². The summed E-state index contributed by atoms with van der Waals surface area (Å²) >= 11 is 0. The van der Waals surface area contributed by atoms with Gasteiger partial charge >= 0.3 is 5.97 Å². The Morgan fingerprint density at radius 3 is 2.94 bits per heavy atom. The van der Waals surface area contributed by atoms with E-state index in [0.717, 1.165) is 0 Å². The fourth-order valence-electron chi connectivity index (χ4n) is 1.06. The van der Waals surface area contributed by atoms with Crippen molar-refractivity contribution in [2.75, 3.05) is 19.8 Å². The van der Waals surface area contributed by atoms with Gasteiger partial charge in [-0.25, -0.2) is 5.10 Å². The van der Waals surface area contributed by atoms with Crippen LogP contribution in [-0.4, -0.2) is 41.1 Å². The Morgan fingerprint density at radius 2 is 2.24 bits per heavy atom. The van der Waals surface area contributed by atoms with Crippen LogP contribution in [-0.2, 0) is 9.53 Å². The largest absolute Gasteiger partial charge is 0.489 e. The lowest BCUT2D eigenvalue weighted by atomic mass is 10.3. The van der Waals surface area contributed by atoms with Gasteiger partial charge in [0.25, 0.3) is 5.56 Å². The first kappa shape index (κ1) is 13.2. The zero-order valence-electron chi connectivity index (χ0n) is 9.43. The van der Waals surface area contributed by atoms with Gasteiger partial charge in [0.2, 0.25) is 0 Å². The first-order valence-corrected chi connectivity index (χ1v) is 5.08. The number of carbonyl (C=O) groups is 1. The molecule has 1 heterocycles. The number of hydrogen-bond acceptors (Lipinski definition) is 5. The molecule has 7 heteroatoms. The van der Waals surface area contributed by atoms with Crippen molar-refractivity contribution in [1.82, 2.24) is 10.2 Å². The molecule has 1 aromatic heterocycles. The number of nitrogens with zero attached hydrogens (tertiary/aromatic N) is 1. The maximum absolute atomic E-state index is 11.2. The number of aliphatic carboxylic acids is 1. The number of ether oxygens (including phenoxy) is 2. The molecule has 7 nitrogen and oxygen atoms in total. The Balaban J connectivity index is 2.25. The van der Waals surface area contributed by atoms with Crippen LogP contribution < -0.4 is 10.3 Å². The number of aromatic nitrogens is 2. The van der Waals surface area contributed by atoms with Crippen molar-refractivity contribution in [2.24, 2.45) is 0 Å². The number of carboxylic acid groups (broad SMARTS) is 1. The lowest BCUT2D eigenvalue weighted by Gasteiger charge is -2.07. The molecule has 0 aliphatic heterocycles. The molecule has 94 valence electrons. The van der Waals surface area contributed by atoms with Gasteiger partial charge in [-0.1, -0.05) is 0 Å². The van der Waals surface area contributed by atoms with E-state index in [0.29, 0.717) is 11.3 Å². The van der Waals surface area contributed by atoms with Crippen molar-refractivity contribution in [2.45, 2.75) is 13.3 Å². The second-order valence-corrected chi connectivity index (χ2v) is 3.29. The highest BCUT2D eigenvalue weighted by atomic mass is 16.5. The molecule has 0 atom stereocenters. The average molecular weight is 242 g/mol. The van der Waals surface area contributed by atoms with E-state index in [1.54, 1.807) is 6.92 Å². The molecule has 0 amide bonds. The zero-order valence-corrected chi connectivity index (χ0v) is 9.43. The molecule has 17 heavy (non-hydrogen) atoms. The SMILES string of the molecule is Cc1c(OCCOCCC(=O)O)cn[nH]c1=O. The molecule has 2 N–H and O–H groups in total. The number of hydrogen-bond donors (Lipinski definition) is 2. The summed E-state index contributed by atoms with van der Waals surface area (Å²) in [6.07, 6.45) is 1.37. The van der Waals surface area contributed by atoms with Crippen LogP contribution in [0.25, 0.3) is 0 Å². The summed E-state index contributed by atoms with van der Waals surface area (Å²) in [5.74, 6) is -0.504. The van der Waals surface area contributed by atoms with Crippen molar-refractivity contribution < 1.29 is 19.4 Å². The Hall–Kier alpha value is -1.89. The highest BCUT2D eigenvalue weighted by Gasteiger charge is 2.03. The van der Waals surface area contributed by atoms with Crippen molar-refractivity contribution >= 4 is 5.97 Å². The number of carboxylic acids is 1. The third kappa shape index (κ3) is 4.64. The van der Waals surface area contributed by atoms with E-state index < -0.39 is 5.97 Å². The van der Waals surface area contributed by atoms with Gasteiger partial charge in [0.15, 0.2) is 0 Å². The number of nitrogens with one attached hydrogen (secondary N) is 1. The quantitative estimate of drug-likeness (QED) is 0.650. The van der Waals surface area contributed by atoms with Crippen LogP contribution in [0.5, 0.6) is 5.75 Å². The van der Waals surface area contributed by atoms with Crippen LogP contribution in [0.3, 0.4) is 0 Å². The molecular weight excluding hydrogens is 228 g/mol. The Morgan fingerprint density at radius 1 is 1.47 bits per heavy atom. The second-order valence-electron chi connectivity index (χ2n) is 3.29. The Labute approximate surface area is 97.4 Å². The summed E-state index contributed by atoms with van der Waals surface area (Å²) in [6.45, 7) is 2.28. The van der Waals surface area contributed by atoms with E-state index in [4.69, 9.17) is 14.6 Å². The summed E-state index contributed by atoms with van der Waals surface area (Å²) in [5, 5.41) is 14.2.